The van der Waals surface area contributed by atoms with Gasteiger partial charge in [-0.25, -0.2) is 0 Å². The molecule has 2 rings (SSSR count). The van der Waals surface area contributed by atoms with Gasteiger partial charge in [0.25, 0.3) is 5.91 Å². The number of aryl methyl sites for hydroxylation is 1. The van der Waals surface area contributed by atoms with Crippen molar-refractivity contribution in [3.63, 3.8) is 0 Å². The summed E-state index contributed by atoms with van der Waals surface area (Å²) in [5.41, 5.74) is 2.36. The van der Waals surface area contributed by atoms with E-state index in [1.807, 2.05) is 49.4 Å². The summed E-state index contributed by atoms with van der Waals surface area (Å²) in [7, 11) is 0. The van der Waals surface area contributed by atoms with Crippen molar-refractivity contribution >= 4 is 28.9 Å². The third-order valence-electron chi connectivity index (χ3n) is 2.99. The molecule has 0 bridgehead atoms. The number of nitrogens with one attached hydrogen (secondary N) is 2. The second kappa shape index (κ2) is 8.10. The molecule has 1 amide bonds. The highest BCUT2D eigenvalue weighted by molar-refractivity contribution is 7.80. The summed E-state index contributed by atoms with van der Waals surface area (Å²) in [4.78, 5) is 12.1. The highest BCUT2D eigenvalue weighted by Crippen LogP contribution is 2.15. The van der Waals surface area contributed by atoms with Crippen molar-refractivity contribution in [3.8, 4) is 5.75 Å². The second-order valence-corrected chi connectivity index (χ2v) is 5.31. The molecule has 0 unspecified atom stereocenters. The Hall–Kier alpha value is -2.66. The normalized spacial score (nSPS) is 9.78. The minimum Gasteiger partial charge on any atom is -0.490 e. The van der Waals surface area contributed by atoms with Crippen LogP contribution in [0.4, 0.5) is 5.69 Å². The Bertz CT molecular complexity index is 711. The number of thiocarbonyl (C=S) groups is 1. The van der Waals surface area contributed by atoms with Crippen LogP contribution in [0.2, 0.25) is 0 Å². The first kappa shape index (κ1) is 16.7. The number of hydrogen-bond acceptors (Lipinski definition) is 3. The molecule has 0 fully saturated rings. The van der Waals surface area contributed by atoms with Gasteiger partial charge in [-0.1, -0.05) is 30.4 Å². The molecule has 118 valence electrons. The van der Waals surface area contributed by atoms with Gasteiger partial charge < -0.3 is 10.1 Å². The minimum absolute atomic E-state index is 0.239. The molecule has 0 heterocycles. The zero-order valence-corrected chi connectivity index (χ0v) is 13.7. The van der Waals surface area contributed by atoms with Crippen LogP contribution in [0, 0.1) is 6.92 Å². The van der Waals surface area contributed by atoms with E-state index in [9.17, 15) is 4.79 Å². The Balaban J connectivity index is 1.91. The number of carbonyl (C=O) groups is 1. The zero-order valence-electron chi connectivity index (χ0n) is 12.8. The van der Waals surface area contributed by atoms with Gasteiger partial charge in [-0.15, -0.1) is 0 Å². The largest absolute Gasteiger partial charge is 0.490 e. The van der Waals surface area contributed by atoms with Gasteiger partial charge in [-0.05, 0) is 55.5 Å². The quantitative estimate of drug-likeness (QED) is 0.650. The molecule has 0 spiro atoms. The molecular formula is C18H18N2O2S. The molecule has 2 aromatic rings. The first-order valence-electron chi connectivity index (χ1n) is 7.11. The van der Waals surface area contributed by atoms with Gasteiger partial charge in [0.05, 0.1) is 0 Å². The van der Waals surface area contributed by atoms with E-state index < -0.39 is 0 Å². The molecule has 0 atom stereocenters. The molecule has 4 nitrogen and oxygen atoms in total. The smallest absolute Gasteiger partial charge is 0.257 e. The molecular weight excluding hydrogens is 308 g/mol. The van der Waals surface area contributed by atoms with E-state index in [2.05, 4.69) is 17.2 Å². The van der Waals surface area contributed by atoms with Gasteiger partial charge in [-0.3, -0.25) is 10.1 Å². The molecule has 23 heavy (non-hydrogen) atoms. The van der Waals surface area contributed by atoms with Crippen LogP contribution in [0.15, 0.2) is 61.2 Å². The summed E-state index contributed by atoms with van der Waals surface area (Å²) in [6.45, 7) is 5.99. The SMILES string of the molecule is C=CCOc1ccc(NC(=S)NC(=O)c2cccc(C)c2)cc1. The number of hydrogen-bond donors (Lipinski definition) is 2. The fourth-order valence-corrected chi connectivity index (χ4v) is 2.12. The second-order valence-electron chi connectivity index (χ2n) is 4.90. The predicted octanol–water partition coefficient (Wildman–Crippen LogP) is 3.69. The molecule has 0 aromatic heterocycles. The molecule has 0 radical (unpaired) electrons. The first-order chi connectivity index (χ1) is 11.1. The van der Waals surface area contributed by atoms with Gasteiger partial charge in [-0.2, -0.15) is 0 Å². The average Bonchev–Trinajstić information content (AvgIpc) is 2.54. The van der Waals surface area contributed by atoms with Crippen LogP contribution in [0.25, 0.3) is 0 Å². The van der Waals surface area contributed by atoms with E-state index in [0.717, 1.165) is 17.0 Å². The van der Waals surface area contributed by atoms with E-state index in [-0.39, 0.29) is 11.0 Å². The van der Waals surface area contributed by atoms with Gasteiger partial charge in [0, 0.05) is 11.3 Å². The third kappa shape index (κ3) is 5.23. The Labute approximate surface area is 141 Å². The van der Waals surface area contributed by atoms with Crippen molar-refractivity contribution < 1.29 is 9.53 Å². The van der Waals surface area contributed by atoms with E-state index in [4.69, 9.17) is 17.0 Å². The standard InChI is InChI=1S/C18H18N2O2S/c1-3-11-22-16-9-7-15(8-10-16)19-18(23)20-17(21)14-6-4-5-13(2)12-14/h3-10,12H,1,11H2,2H3,(H2,19,20,21,23). The fraction of sp³-hybridized carbons (Fsp3) is 0.111. The van der Waals surface area contributed by atoms with Gasteiger partial charge in [0.1, 0.15) is 12.4 Å². The number of rotatable bonds is 5. The zero-order chi connectivity index (χ0) is 16.7. The van der Waals surface area contributed by atoms with Crippen LogP contribution in [0.3, 0.4) is 0 Å². The topological polar surface area (TPSA) is 50.4 Å². The van der Waals surface area contributed by atoms with Crippen molar-refractivity contribution in [2.45, 2.75) is 6.92 Å². The lowest BCUT2D eigenvalue weighted by Gasteiger charge is -2.10. The fourth-order valence-electron chi connectivity index (χ4n) is 1.91. The highest BCUT2D eigenvalue weighted by Gasteiger charge is 2.08. The average molecular weight is 326 g/mol. The van der Waals surface area contributed by atoms with Crippen LogP contribution in [0.1, 0.15) is 15.9 Å². The summed E-state index contributed by atoms with van der Waals surface area (Å²) in [6, 6.07) is 14.6. The van der Waals surface area contributed by atoms with Crippen molar-refractivity contribution in [1.29, 1.82) is 0 Å². The first-order valence-corrected chi connectivity index (χ1v) is 7.52. The molecule has 2 aromatic carbocycles. The summed E-state index contributed by atoms with van der Waals surface area (Å²) in [5.74, 6) is 0.502. The van der Waals surface area contributed by atoms with Crippen LogP contribution < -0.4 is 15.4 Å². The Morgan fingerprint density at radius 1 is 1.26 bits per heavy atom. The van der Waals surface area contributed by atoms with Crippen molar-refractivity contribution in [2.75, 3.05) is 11.9 Å². The van der Waals surface area contributed by atoms with E-state index in [1.165, 1.54) is 0 Å². The lowest BCUT2D eigenvalue weighted by Crippen LogP contribution is -2.34. The predicted molar refractivity (Wildman–Crippen MR) is 97.0 cm³/mol. The molecule has 2 N–H and O–H groups in total. The molecule has 0 aliphatic heterocycles. The lowest BCUT2D eigenvalue weighted by atomic mass is 10.1. The maximum Gasteiger partial charge on any atom is 0.257 e. The number of anilines is 1. The number of ether oxygens (including phenoxy) is 1. The summed E-state index contributed by atoms with van der Waals surface area (Å²) < 4.78 is 5.40. The van der Waals surface area contributed by atoms with Gasteiger partial charge >= 0.3 is 0 Å². The number of benzene rings is 2. The minimum atomic E-state index is -0.239. The van der Waals surface area contributed by atoms with Crippen LogP contribution in [-0.2, 0) is 0 Å². The summed E-state index contributed by atoms with van der Waals surface area (Å²) >= 11 is 5.16. The molecule has 0 aliphatic rings. The van der Waals surface area contributed by atoms with E-state index in [1.54, 1.807) is 12.1 Å². The van der Waals surface area contributed by atoms with Crippen molar-refractivity contribution in [1.82, 2.24) is 5.32 Å². The number of carbonyl (C=O) groups excluding carboxylic acids is 1. The Morgan fingerprint density at radius 2 is 2.00 bits per heavy atom. The van der Waals surface area contributed by atoms with Crippen molar-refractivity contribution in [3.05, 3.63) is 72.3 Å². The molecule has 0 aliphatic carbocycles. The molecule has 0 saturated heterocycles. The summed E-state index contributed by atoms with van der Waals surface area (Å²) in [5, 5.41) is 5.87. The van der Waals surface area contributed by atoms with Gasteiger partial charge in [0.2, 0.25) is 0 Å². The molecule has 5 heteroatoms. The lowest BCUT2D eigenvalue weighted by molar-refractivity contribution is 0.0977. The maximum atomic E-state index is 12.1. The maximum absolute atomic E-state index is 12.1. The van der Waals surface area contributed by atoms with Gasteiger partial charge in [0.15, 0.2) is 5.11 Å². The third-order valence-corrected chi connectivity index (χ3v) is 3.19. The van der Waals surface area contributed by atoms with E-state index >= 15 is 0 Å². The highest BCUT2D eigenvalue weighted by atomic mass is 32.1. The van der Waals surface area contributed by atoms with Crippen molar-refractivity contribution in [2.24, 2.45) is 0 Å². The Kier molecular flexibility index (Phi) is 5.88. The van der Waals surface area contributed by atoms with Crippen LogP contribution >= 0.6 is 12.2 Å². The van der Waals surface area contributed by atoms with Crippen LogP contribution in [0.5, 0.6) is 5.75 Å². The van der Waals surface area contributed by atoms with Crippen LogP contribution in [-0.4, -0.2) is 17.6 Å². The van der Waals surface area contributed by atoms with E-state index in [0.29, 0.717) is 12.2 Å². The molecule has 0 saturated carbocycles. The number of amides is 1. The summed E-state index contributed by atoms with van der Waals surface area (Å²) in [6.07, 6.45) is 1.68. The Morgan fingerprint density at radius 3 is 2.65 bits per heavy atom. The monoisotopic (exact) mass is 326 g/mol.